The molecular formula is C14H12ClF2N. The van der Waals surface area contributed by atoms with Crippen LogP contribution in [0.5, 0.6) is 0 Å². The number of rotatable bonds is 3. The van der Waals surface area contributed by atoms with Gasteiger partial charge in [0, 0.05) is 18.3 Å². The van der Waals surface area contributed by atoms with Crippen LogP contribution in [0.4, 0.5) is 8.78 Å². The lowest BCUT2D eigenvalue weighted by molar-refractivity contribution is 0.506. The average Bonchev–Trinajstić information content (AvgIpc) is 2.41. The van der Waals surface area contributed by atoms with Gasteiger partial charge in [-0.1, -0.05) is 13.0 Å². The van der Waals surface area contributed by atoms with Crippen LogP contribution in [-0.2, 0) is 0 Å². The first kappa shape index (κ1) is 13.0. The largest absolute Gasteiger partial charge is 0.265 e. The monoisotopic (exact) mass is 267 g/mol. The van der Waals surface area contributed by atoms with Crippen molar-refractivity contribution in [3.05, 3.63) is 65.5 Å². The van der Waals surface area contributed by atoms with Gasteiger partial charge in [-0.2, -0.15) is 0 Å². The molecule has 2 unspecified atom stereocenters. The van der Waals surface area contributed by atoms with Crippen molar-refractivity contribution in [2.24, 2.45) is 0 Å². The van der Waals surface area contributed by atoms with E-state index in [2.05, 4.69) is 4.98 Å². The van der Waals surface area contributed by atoms with E-state index < -0.39 is 17.0 Å². The van der Waals surface area contributed by atoms with Crippen molar-refractivity contribution in [3.8, 4) is 0 Å². The minimum Gasteiger partial charge on any atom is -0.265 e. The van der Waals surface area contributed by atoms with E-state index >= 15 is 0 Å². The van der Waals surface area contributed by atoms with Crippen LogP contribution >= 0.6 is 11.6 Å². The Morgan fingerprint density at radius 1 is 1.00 bits per heavy atom. The third kappa shape index (κ3) is 2.67. The topological polar surface area (TPSA) is 12.9 Å². The Bertz CT molecular complexity index is 531. The minimum atomic E-state index is -0.875. The molecule has 0 saturated carbocycles. The molecule has 94 valence electrons. The Kier molecular flexibility index (Phi) is 3.92. The van der Waals surface area contributed by atoms with Crippen LogP contribution in [0.25, 0.3) is 0 Å². The summed E-state index contributed by atoms with van der Waals surface area (Å²) in [4.78, 5) is 3.93. The summed E-state index contributed by atoms with van der Waals surface area (Å²) >= 11 is 6.31. The summed E-state index contributed by atoms with van der Waals surface area (Å²) in [6.07, 6.45) is 3.36. The lowest BCUT2D eigenvalue weighted by atomic mass is 9.94. The van der Waals surface area contributed by atoms with Gasteiger partial charge in [-0.15, -0.1) is 11.6 Å². The molecule has 0 amide bonds. The summed E-state index contributed by atoms with van der Waals surface area (Å²) < 4.78 is 26.0. The molecule has 0 aliphatic heterocycles. The average molecular weight is 268 g/mol. The fourth-order valence-corrected chi connectivity index (χ4v) is 2.09. The molecule has 0 fully saturated rings. The maximum atomic E-state index is 13.2. The van der Waals surface area contributed by atoms with Gasteiger partial charge in [-0.25, -0.2) is 8.78 Å². The third-order valence-electron chi connectivity index (χ3n) is 2.93. The van der Waals surface area contributed by atoms with E-state index in [0.717, 1.165) is 17.7 Å². The van der Waals surface area contributed by atoms with Gasteiger partial charge in [0.2, 0.25) is 0 Å². The first-order valence-electron chi connectivity index (χ1n) is 5.58. The Morgan fingerprint density at radius 2 is 1.67 bits per heavy atom. The van der Waals surface area contributed by atoms with Crippen molar-refractivity contribution < 1.29 is 8.78 Å². The van der Waals surface area contributed by atoms with E-state index in [1.807, 2.05) is 19.1 Å². The lowest BCUT2D eigenvalue weighted by Crippen LogP contribution is -2.03. The first-order valence-corrected chi connectivity index (χ1v) is 6.02. The Morgan fingerprint density at radius 3 is 2.28 bits per heavy atom. The van der Waals surface area contributed by atoms with Crippen LogP contribution in [0.15, 0.2) is 42.7 Å². The van der Waals surface area contributed by atoms with E-state index in [0.29, 0.717) is 5.56 Å². The molecule has 1 heterocycles. The second-order valence-corrected chi connectivity index (χ2v) is 4.61. The highest BCUT2D eigenvalue weighted by Crippen LogP contribution is 2.36. The highest BCUT2D eigenvalue weighted by atomic mass is 35.5. The van der Waals surface area contributed by atoms with E-state index in [1.165, 1.54) is 6.07 Å². The Labute approximate surface area is 109 Å². The van der Waals surface area contributed by atoms with Crippen LogP contribution in [0.1, 0.15) is 29.3 Å². The number of hydrogen-bond acceptors (Lipinski definition) is 1. The molecule has 1 nitrogen and oxygen atoms in total. The number of nitrogens with zero attached hydrogens (tertiary/aromatic N) is 1. The molecule has 0 N–H and O–H groups in total. The van der Waals surface area contributed by atoms with Crippen molar-refractivity contribution in [1.82, 2.24) is 4.98 Å². The number of aromatic nitrogens is 1. The summed E-state index contributed by atoms with van der Waals surface area (Å²) in [5.74, 6) is -1.75. The van der Waals surface area contributed by atoms with Crippen molar-refractivity contribution in [1.29, 1.82) is 0 Å². The van der Waals surface area contributed by atoms with Gasteiger partial charge in [0.1, 0.15) is 0 Å². The molecule has 0 aliphatic rings. The normalized spacial score (nSPS) is 14.2. The van der Waals surface area contributed by atoms with Gasteiger partial charge >= 0.3 is 0 Å². The quantitative estimate of drug-likeness (QED) is 0.749. The maximum Gasteiger partial charge on any atom is 0.159 e. The van der Waals surface area contributed by atoms with Crippen LogP contribution in [0.2, 0.25) is 0 Å². The predicted molar refractivity (Wildman–Crippen MR) is 67.6 cm³/mol. The number of halogens is 3. The SMILES string of the molecule is CC(c1ccncc1)C(Cl)c1ccc(F)c(F)c1. The van der Waals surface area contributed by atoms with Gasteiger partial charge in [0.15, 0.2) is 11.6 Å². The fraction of sp³-hybridized carbons (Fsp3) is 0.214. The zero-order valence-corrected chi connectivity index (χ0v) is 10.5. The molecule has 2 aromatic rings. The summed E-state index contributed by atoms with van der Waals surface area (Å²) in [5, 5.41) is -0.414. The maximum absolute atomic E-state index is 13.2. The van der Waals surface area contributed by atoms with Gasteiger partial charge in [-0.3, -0.25) is 4.98 Å². The van der Waals surface area contributed by atoms with Gasteiger partial charge in [0.05, 0.1) is 5.38 Å². The molecule has 0 radical (unpaired) electrons. The molecule has 1 aromatic heterocycles. The molecule has 0 bridgehead atoms. The van der Waals surface area contributed by atoms with Gasteiger partial charge in [-0.05, 0) is 35.4 Å². The zero-order chi connectivity index (χ0) is 13.1. The van der Waals surface area contributed by atoms with Crippen molar-refractivity contribution >= 4 is 11.6 Å². The number of benzene rings is 1. The summed E-state index contributed by atoms with van der Waals surface area (Å²) in [6.45, 7) is 1.94. The summed E-state index contributed by atoms with van der Waals surface area (Å²) in [6, 6.07) is 7.47. The zero-order valence-electron chi connectivity index (χ0n) is 9.78. The number of pyridine rings is 1. The fourth-order valence-electron chi connectivity index (χ4n) is 1.81. The first-order chi connectivity index (χ1) is 8.59. The van der Waals surface area contributed by atoms with Crippen LogP contribution in [-0.4, -0.2) is 4.98 Å². The minimum absolute atomic E-state index is 0.0143. The highest BCUT2D eigenvalue weighted by Gasteiger charge is 2.19. The van der Waals surface area contributed by atoms with Crippen LogP contribution < -0.4 is 0 Å². The lowest BCUT2D eigenvalue weighted by Gasteiger charge is -2.18. The predicted octanol–water partition coefficient (Wildman–Crippen LogP) is 4.44. The Hall–Kier alpha value is -1.48. The second kappa shape index (κ2) is 5.44. The van der Waals surface area contributed by atoms with Crippen molar-refractivity contribution in [3.63, 3.8) is 0 Å². The van der Waals surface area contributed by atoms with Crippen LogP contribution in [0, 0.1) is 11.6 Å². The van der Waals surface area contributed by atoms with E-state index in [4.69, 9.17) is 11.6 Å². The van der Waals surface area contributed by atoms with Gasteiger partial charge in [0.25, 0.3) is 0 Å². The highest BCUT2D eigenvalue weighted by molar-refractivity contribution is 6.21. The molecule has 0 spiro atoms. The van der Waals surface area contributed by atoms with E-state index in [-0.39, 0.29) is 5.92 Å². The molecule has 0 aliphatic carbocycles. The smallest absolute Gasteiger partial charge is 0.159 e. The van der Waals surface area contributed by atoms with Crippen LogP contribution in [0.3, 0.4) is 0 Å². The Balaban J connectivity index is 2.25. The van der Waals surface area contributed by atoms with Crippen molar-refractivity contribution in [2.45, 2.75) is 18.2 Å². The molecule has 18 heavy (non-hydrogen) atoms. The standard InChI is InChI=1S/C14H12ClF2N/c1-9(10-4-6-18-7-5-10)14(15)11-2-3-12(16)13(17)8-11/h2-9,14H,1H3. The van der Waals surface area contributed by atoms with E-state index in [1.54, 1.807) is 12.4 Å². The molecular weight excluding hydrogens is 256 g/mol. The molecule has 1 aromatic carbocycles. The molecule has 2 rings (SSSR count). The molecule has 4 heteroatoms. The molecule has 0 saturated heterocycles. The third-order valence-corrected chi connectivity index (χ3v) is 3.56. The summed E-state index contributed by atoms with van der Waals surface area (Å²) in [5.41, 5.74) is 1.58. The number of alkyl halides is 1. The van der Waals surface area contributed by atoms with E-state index in [9.17, 15) is 8.78 Å². The van der Waals surface area contributed by atoms with Crippen molar-refractivity contribution in [2.75, 3.05) is 0 Å². The second-order valence-electron chi connectivity index (χ2n) is 4.14. The number of hydrogen-bond donors (Lipinski definition) is 0. The summed E-state index contributed by atoms with van der Waals surface area (Å²) in [7, 11) is 0. The molecule has 2 atom stereocenters. The van der Waals surface area contributed by atoms with Gasteiger partial charge < -0.3 is 0 Å².